The minimum absolute atomic E-state index is 0.00271. The molecule has 24 heavy (non-hydrogen) atoms. The summed E-state index contributed by atoms with van der Waals surface area (Å²) in [4.78, 5) is 12.4. The Balaban J connectivity index is 1.75. The zero-order valence-corrected chi connectivity index (χ0v) is 14.7. The zero-order valence-electron chi connectivity index (χ0n) is 14.7. The van der Waals surface area contributed by atoms with Crippen LogP contribution in [0.25, 0.3) is 0 Å². The molecular formula is C19H30O5. The van der Waals surface area contributed by atoms with Gasteiger partial charge < -0.3 is 20.4 Å². The molecule has 4 N–H and O–H groups in total. The minimum atomic E-state index is -2.51. The van der Waals surface area contributed by atoms with Crippen molar-refractivity contribution in [3.63, 3.8) is 0 Å². The van der Waals surface area contributed by atoms with E-state index in [1.807, 2.05) is 6.92 Å². The van der Waals surface area contributed by atoms with Gasteiger partial charge in [0, 0.05) is 23.7 Å². The highest BCUT2D eigenvalue weighted by Gasteiger charge is 2.71. The average Bonchev–Trinajstić information content (AvgIpc) is 2.81. The van der Waals surface area contributed by atoms with E-state index >= 15 is 0 Å². The van der Waals surface area contributed by atoms with Crippen LogP contribution in [0, 0.1) is 34.5 Å². The molecule has 0 spiro atoms. The summed E-state index contributed by atoms with van der Waals surface area (Å²) >= 11 is 0. The van der Waals surface area contributed by atoms with Crippen LogP contribution >= 0.6 is 0 Å². The van der Waals surface area contributed by atoms with Crippen LogP contribution in [0.1, 0.15) is 65.2 Å². The third kappa shape index (κ3) is 1.77. The van der Waals surface area contributed by atoms with Gasteiger partial charge in [-0.1, -0.05) is 13.8 Å². The van der Waals surface area contributed by atoms with Gasteiger partial charge in [0.25, 0.3) is 0 Å². The van der Waals surface area contributed by atoms with Crippen molar-refractivity contribution in [1.82, 2.24) is 0 Å². The number of hydrogen-bond donors (Lipinski definition) is 4. The molecule has 4 aliphatic carbocycles. The van der Waals surface area contributed by atoms with Crippen molar-refractivity contribution >= 4 is 5.78 Å². The fourth-order valence-electron chi connectivity index (χ4n) is 7.17. The lowest BCUT2D eigenvalue weighted by Crippen LogP contribution is -2.73. The third-order valence-electron chi connectivity index (χ3n) is 8.76. The SMILES string of the molecule is C[C@]12[C@@H](CC[C@@H]3[C@@H]1CC[C@]1(C)C(=O)CC[C@@H]31)CCC(O)(O)C2(O)O. The molecule has 6 atom stereocenters. The monoisotopic (exact) mass is 338 g/mol. The zero-order chi connectivity index (χ0) is 17.5. The molecule has 4 fully saturated rings. The first-order valence-corrected chi connectivity index (χ1v) is 9.48. The van der Waals surface area contributed by atoms with Crippen molar-refractivity contribution in [2.45, 2.75) is 76.8 Å². The fraction of sp³-hybridized carbons (Fsp3) is 0.947. The van der Waals surface area contributed by atoms with Gasteiger partial charge in [-0.3, -0.25) is 4.79 Å². The number of fused-ring (bicyclic) bond motifs is 5. The van der Waals surface area contributed by atoms with Crippen LogP contribution in [0.3, 0.4) is 0 Å². The summed E-state index contributed by atoms with van der Waals surface area (Å²) in [5, 5.41) is 42.2. The second-order valence-electron chi connectivity index (χ2n) is 9.38. The summed E-state index contributed by atoms with van der Waals surface area (Å²) < 4.78 is 0. The maximum Gasteiger partial charge on any atom is 0.224 e. The summed E-state index contributed by atoms with van der Waals surface area (Å²) in [5.41, 5.74) is -1.20. The highest BCUT2D eigenvalue weighted by atomic mass is 16.6. The Morgan fingerprint density at radius 1 is 0.875 bits per heavy atom. The molecule has 4 rings (SSSR count). The van der Waals surface area contributed by atoms with E-state index in [1.165, 1.54) is 0 Å². The lowest BCUT2D eigenvalue weighted by molar-refractivity contribution is -0.436. The van der Waals surface area contributed by atoms with E-state index in [0.717, 1.165) is 32.1 Å². The molecule has 4 saturated carbocycles. The van der Waals surface area contributed by atoms with Gasteiger partial charge in [0.15, 0.2) is 0 Å². The average molecular weight is 338 g/mol. The summed E-state index contributed by atoms with van der Waals surface area (Å²) in [6, 6.07) is 0. The molecule has 0 amide bonds. The first kappa shape index (κ1) is 17.0. The third-order valence-corrected chi connectivity index (χ3v) is 8.76. The first-order valence-electron chi connectivity index (χ1n) is 9.48. The summed E-state index contributed by atoms with van der Waals surface area (Å²) in [6.45, 7) is 3.93. The molecule has 0 radical (unpaired) electrons. The van der Waals surface area contributed by atoms with Gasteiger partial charge in [-0.25, -0.2) is 0 Å². The number of carbonyl (C=O) groups is 1. The van der Waals surface area contributed by atoms with E-state index in [2.05, 4.69) is 6.92 Å². The second kappa shape index (κ2) is 4.81. The van der Waals surface area contributed by atoms with Gasteiger partial charge in [0.05, 0.1) is 0 Å². The number of rotatable bonds is 0. The molecule has 0 bridgehead atoms. The maximum atomic E-state index is 12.4. The summed E-state index contributed by atoms with van der Waals surface area (Å²) in [6.07, 6.45) is 5.56. The van der Waals surface area contributed by atoms with Crippen LogP contribution in [0.2, 0.25) is 0 Å². The highest BCUT2D eigenvalue weighted by molar-refractivity contribution is 5.87. The number of aliphatic hydroxyl groups is 4. The molecule has 0 aliphatic heterocycles. The van der Waals surface area contributed by atoms with E-state index < -0.39 is 17.0 Å². The molecule has 0 aromatic heterocycles. The van der Waals surface area contributed by atoms with Crippen LogP contribution in [0.4, 0.5) is 0 Å². The lowest BCUT2D eigenvalue weighted by atomic mass is 9.43. The van der Waals surface area contributed by atoms with Crippen LogP contribution in [0.5, 0.6) is 0 Å². The lowest BCUT2D eigenvalue weighted by Gasteiger charge is -2.65. The normalized spacial score (nSPS) is 52.3. The summed E-state index contributed by atoms with van der Waals surface area (Å²) in [5.74, 6) is -3.94. The molecular weight excluding hydrogens is 308 g/mol. The van der Waals surface area contributed by atoms with Crippen molar-refractivity contribution in [1.29, 1.82) is 0 Å². The molecule has 0 unspecified atom stereocenters. The molecule has 0 aromatic rings. The Morgan fingerprint density at radius 3 is 2.29 bits per heavy atom. The smallest absolute Gasteiger partial charge is 0.224 e. The van der Waals surface area contributed by atoms with Crippen LogP contribution in [0.15, 0.2) is 0 Å². The maximum absolute atomic E-state index is 12.4. The van der Waals surface area contributed by atoms with Crippen molar-refractivity contribution in [2.75, 3.05) is 0 Å². The molecule has 0 saturated heterocycles. The molecule has 136 valence electrons. The van der Waals surface area contributed by atoms with E-state index in [1.54, 1.807) is 0 Å². The van der Waals surface area contributed by atoms with E-state index in [0.29, 0.717) is 24.5 Å². The van der Waals surface area contributed by atoms with Crippen LogP contribution < -0.4 is 0 Å². The van der Waals surface area contributed by atoms with Crippen molar-refractivity contribution in [3.05, 3.63) is 0 Å². The van der Waals surface area contributed by atoms with Gasteiger partial charge in [0.2, 0.25) is 11.6 Å². The largest absolute Gasteiger partial charge is 0.361 e. The number of ketones is 1. The topological polar surface area (TPSA) is 98.0 Å². The Labute approximate surface area is 143 Å². The van der Waals surface area contributed by atoms with Gasteiger partial charge in [-0.15, -0.1) is 0 Å². The predicted octanol–water partition coefficient (Wildman–Crippen LogP) is 1.57. The molecule has 0 aromatic carbocycles. The Morgan fingerprint density at radius 2 is 1.58 bits per heavy atom. The Kier molecular flexibility index (Phi) is 3.40. The first-order chi connectivity index (χ1) is 11.1. The molecule has 5 heteroatoms. The second-order valence-corrected chi connectivity index (χ2v) is 9.38. The molecule has 5 nitrogen and oxygen atoms in total. The quantitative estimate of drug-likeness (QED) is 0.503. The minimum Gasteiger partial charge on any atom is -0.361 e. The van der Waals surface area contributed by atoms with Gasteiger partial charge in [-0.2, -0.15) is 0 Å². The van der Waals surface area contributed by atoms with Crippen molar-refractivity contribution in [3.8, 4) is 0 Å². The number of carbonyl (C=O) groups excluding carboxylic acids is 1. The van der Waals surface area contributed by atoms with Crippen molar-refractivity contribution in [2.24, 2.45) is 34.5 Å². The number of Topliss-reactive ketones (excluding diaryl/α,β-unsaturated/α-hetero) is 1. The standard InChI is InChI=1S/C19H30O5/c1-16-9-8-14-12(13(16)5-6-15(16)20)4-3-11-7-10-18(21,22)19(23,24)17(11,14)2/h11-14,21-24H,3-10H2,1-2H3/t11-,12-,13-,14-,16-,17-/m0/s1. The fourth-order valence-corrected chi connectivity index (χ4v) is 7.17. The van der Waals surface area contributed by atoms with Crippen LogP contribution in [-0.4, -0.2) is 37.8 Å². The highest BCUT2D eigenvalue weighted by Crippen LogP contribution is 2.68. The van der Waals surface area contributed by atoms with Crippen LogP contribution in [-0.2, 0) is 4.79 Å². The molecule has 0 heterocycles. The molecule has 4 aliphatic rings. The van der Waals surface area contributed by atoms with E-state index in [-0.39, 0.29) is 29.6 Å². The predicted molar refractivity (Wildman–Crippen MR) is 86.5 cm³/mol. The van der Waals surface area contributed by atoms with E-state index in [9.17, 15) is 25.2 Å². The van der Waals surface area contributed by atoms with E-state index in [4.69, 9.17) is 0 Å². The summed E-state index contributed by atoms with van der Waals surface area (Å²) in [7, 11) is 0. The van der Waals surface area contributed by atoms with Gasteiger partial charge in [0.1, 0.15) is 5.78 Å². The Bertz CT molecular complexity index is 570. The number of hydrogen-bond acceptors (Lipinski definition) is 5. The van der Waals surface area contributed by atoms with Crippen molar-refractivity contribution < 1.29 is 25.2 Å². The van der Waals surface area contributed by atoms with Gasteiger partial charge >= 0.3 is 0 Å². The van der Waals surface area contributed by atoms with Gasteiger partial charge in [-0.05, 0) is 62.2 Å². The Hall–Kier alpha value is -0.490.